The Kier molecular flexibility index (Phi) is 7.48. The van der Waals surface area contributed by atoms with E-state index in [2.05, 4.69) is 15.8 Å². The molecular weight excluding hydrogens is 378 g/mol. The molecule has 142 valence electrons. The minimum atomic E-state index is 0.462. The normalized spacial score (nSPS) is 14.9. The van der Waals surface area contributed by atoms with Gasteiger partial charge < -0.3 is 10.1 Å². The molecule has 6 heteroatoms. The summed E-state index contributed by atoms with van der Waals surface area (Å²) in [5, 5.41) is 8.88. The molecule has 0 aliphatic heterocycles. The van der Waals surface area contributed by atoms with Crippen molar-refractivity contribution in [2.24, 2.45) is 5.10 Å². The average molecular weight is 402 g/mol. The van der Waals surface area contributed by atoms with Crippen LogP contribution < -0.4 is 15.5 Å². The lowest BCUT2D eigenvalue weighted by Crippen LogP contribution is -2.40. The number of hydrogen-bond donors (Lipinski definition) is 2. The van der Waals surface area contributed by atoms with E-state index in [1.165, 1.54) is 32.1 Å². The molecule has 1 aliphatic rings. The summed E-state index contributed by atoms with van der Waals surface area (Å²) in [5.41, 5.74) is 4.85. The number of ether oxygens (including phenoxy) is 1. The fourth-order valence-electron chi connectivity index (χ4n) is 3.09. The van der Waals surface area contributed by atoms with Crippen molar-refractivity contribution in [1.82, 2.24) is 10.7 Å². The maximum absolute atomic E-state index is 5.93. The molecule has 3 rings (SSSR count). The molecule has 0 bridgehead atoms. The number of halogens is 1. The first kappa shape index (κ1) is 19.6. The molecule has 0 atom stereocenters. The zero-order chi connectivity index (χ0) is 18.9. The van der Waals surface area contributed by atoms with Crippen molar-refractivity contribution in [3.05, 3.63) is 64.7 Å². The summed E-state index contributed by atoms with van der Waals surface area (Å²) in [6.07, 6.45) is 7.93. The van der Waals surface area contributed by atoms with Crippen molar-refractivity contribution in [3.8, 4) is 5.75 Å². The Morgan fingerprint density at radius 1 is 1.11 bits per heavy atom. The van der Waals surface area contributed by atoms with Crippen LogP contribution in [0.15, 0.2) is 53.6 Å². The summed E-state index contributed by atoms with van der Waals surface area (Å²) in [7, 11) is 0. The first-order valence-corrected chi connectivity index (χ1v) is 10.1. The lowest BCUT2D eigenvalue weighted by Gasteiger charge is -2.23. The average Bonchev–Trinajstić information content (AvgIpc) is 2.69. The van der Waals surface area contributed by atoms with E-state index in [4.69, 9.17) is 28.6 Å². The van der Waals surface area contributed by atoms with Gasteiger partial charge in [0.25, 0.3) is 0 Å². The van der Waals surface area contributed by atoms with E-state index < -0.39 is 0 Å². The third kappa shape index (κ3) is 6.52. The lowest BCUT2D eigenvalue weighted by atomic mass is 9.96. The molecular formula is C21H24ClN3OS. The summed E-state index contributed by atoms with van der Waals surface area (Å²) in [6, 6.07) is 15.9. The molecule has 0 heterocycles. The van der Waals surface area contributed by atoms with E-state index in [1.54, 1.807) is 6.21 Å². The third-order valence-electron chi connectivity index (χ3n) is 4.54. The molecule has 1 fully saturated rings. The fraction of sp³-hybridized carbons (Fsp3) is 0.333. The van der Waals surface area contributed by atoms with E-state index in [9.17, 15) is 0 Å². The Balaban J connectivity index is 1.52. The number of para-hydroxylation sites is 1. The highest BCUT2D eigenvalue weighted by molar-refractivity contribution is 7.80. The van der Waals surface area contributed by atoms with Crippen LogP contribution in [0.2, 0.25) is 5.02 Å². The smallest absolute Gasteiger partial charge is 0.187 e. The third-order valence-corrected chi connectivity index (χ3v) is 5.00. The molecule has 0 amide bonds. The summed E-state index contributed by atoms with van der Waals surface area (Å²) in [4.78, 5) is 0. The zero-order valence-corrected chi connectivity index (χ0v) is 16.7. The lowest BCUT2D eigenvalue weighted by molar-refractivity contribution is 0.306. The Bertz CT molecular complexity index is 773. The van der Waals surface area contributed by atoms with Gasteiger partial charge >= 0.3 is 0 Å². The molecule has 2 N–H and O–H groups in total. The molecule has 2 aromatic carbocycles. The quantitative estimate of drug-likeness (QED) is 0.404. The zero-order valence-electron chi connectivity index (χ0n) is 15.2. The minimum absolute atomic E-state index is 0.462. The van der Waals surface area contributed by atoms with Crippen molar-refractivity contribution >= 4 is 35.1 Å². The SMILES string of the molecule is S=C(N/N=C/c1ccccc1OCc1ccc(Cl)cc1)NC1CCCCC1. The molecule has 0 aromatic heterocycles. The number of hydrogen-bond acceptors (Lipinski definition) is 3. The molecule has 0 unspecified atom stereocenters. The van der Waals surface area contributed by atoms with Crippen LogP contribution in [0, 0.1) is 0 Å². The van der Waals surface area contributed by atoms with Crippen LogP contribution in [-0.4, -0.2) is 17.4 Å². The maximum Gasteiger partial charge on any atom is 0.187 e. The fourth-order valence-corrected chi connectivity index (χ4v) is 3.43. The standard InChI is InChI=1S/C21H24ClN3OS/c22-18-12-10-16(11-13-18)15-26-20-9-5-4-6-17(20)14-23-25-21(27)24-19-7-2-1-3-8-19/h4-6,9-14,19H,1-3,7-8,15H2,(H2,24,25,27)/b23-14+. The summed E-state index contributed by atoms with van der Waals surface area (Å²) in [5.74, 6) is 0.768. The molecule has 27 heavy (non-hydrogen) atoms. The minimum Gasteiger partial charge on any atom is -0.488 e. The first-order chi connectivity index (χ1) is 13.2. The summed E-state index contributed by atoms with van der Waals surface area (Å²) < 4.78 is 5.93. The van der Waals surface area contributed by atoms with Gasteiger partial charge in [0.15, 0.2) is 5.11 Å². The van der Waals surface area contributed by atoms with Gasteiger partial charge in [0.05, 0.1) is 6.21 Å². The van der Waals surface area contributed by atoms with Gasteiger partial charge in [-0.2, -0.15) is 5.10 Å². The summed E-state index contributed by atoms with van der Waals surface area (Å²) >= 11 is 11.2. The predicted molar refractivity (Wildman–Crippen MR) is 116 cm³/mol. The number of thiocarbonyl (C=S) groups is 1. The highest BCUT2D eigenvalue weighted by Crippen LogP contribution is 2.19. The van der Waals surface area contributed by atoms with Crippen LogP contribution in [0.1, 0.15) is 43.2 Å². The van der Waals surface area contributed by atoms with Gasteiger partial charge in [-0.25, -0.2) is 0 Å². The van der Waals surface area contributed by atoms with Crippen LogP contribution in [0.5, 0.6) is 5.75 Å². The van der Waals surface area contributed by atoms with Crippen molar-refractivity contribution in [2.75, 3.05) is 0 Å². The van der Waals surface area contributed by atoms with Gasteiger partial charge in [-0.15, -0.1) is 0 Å². The highest BCUT2D eigenvalue weighted by atomic mass is 35.5. The predicted octanol–water partition coefficient (Wildman–Crippen LogP) is 5.05. The van der Waals surface area contributed by atoms with Gasteiger partial charge in [-0.1, -0.05) is 55.1 Å². The molecule has 2 aromatic rings. The van der Waals surface area contributed by atoms with Gasteiger partial charge in [-0.3, -0.25) is 5.43 Å². The molecule has 0 spiro atoms. The highest BCUT2D eigenvalue weighted by Gasteiger charge is 2.13. The maximum atomic E-state index is 5.93. The van der Waals surface area contributed by atoms with Crippen LogP contribution >= 0.6 is 23.8 Å². The molecule has 1 aliphatic carbocycles. The second kappa shape index (κ2) is 10.3. The van der Waals surface area contributed by atoms with Crippen molar-refractivity contribution < 1.29 is 4.74 Å². The van der Waals surface area contributed by atoms with Crippen molar-refractivity contribution in [3.63, 3.8) is 0 Å². The first-order valence-electron chi connectivity index (χ1n) is 9.26. The monoisotopic (exact) mass is 401 g/mol. The molecule has 0 radical (unpaired) electrons. The molecule has 4 nitrogen and oxygen atoms in total. The Labute approximate surface area is 171 Å². The Hall–Kier alpha value is -2.11. The molecule has 0 saturated heterocycles. The van der Waals surface area contributed by atoms with E-state index in [1.807, 2.05) is 48.5 Å². The number of nitrogens with zero attached hydrogens (tertiary/aromatic N) is 1. The number of rotatable bonds is 6. The van der Waals surface area contributed by atoms with Crippen LogP contribution in [0.3, 0.4) is 0 Å². The van der Waals surface area contributed by atoms with Crippen molar-refractivity contribution in [1.29, 1.82) is 0 Å². The van der Waals surface area contributed by atoms with E-state index in [0.717, 1.165) is 21.9 Å². The van der Waals surface area contributed by atoms with E-state index in [0.29, 0.717) is 17.8 Å². The van der Waals surface area contributed by atoms with Gasteiger partial charge in [0.2, 0.25) is 0 Å². The second-order valence-corrected chi connectivity index (χ2v) is 7.48. The summed E-state index contributed by atoms with van der Waals surface area (Å²) in [6.45, 7) is 0.469. The largest absolute Gasteiger partial charge is 0.488 e. The number of hydrazone groups is 1. The van der Waals surface area contributed by atoms with Crippen LogP contribution in [-0.2, 0) is 6.61 Å². The van der Waals surface area contributed by atoms with Crippen LogP contribution in [0.25, 0.3) is 0 Å². The van der Waals surface area contributed by atoms with Gasteiger partial charge in [0, 0.05) is 16.6 Å². The molecule has 1 saturated carbocycles. The van der Waals surface area contributed by atoms with Gasteiger partial charge in [-0.05, 0) is 54.9 Å². The van der Waals surface area contributed by atoms with Crippen LogP contribution in [0.4, 0.5) is 0 Å². The number of nitrogens with one attached hydrogen (secondary N) is 2. The Morgan fingerprint density at radius 3 is 2.63 bits per heavy atom. The van der Waals surface area contributed by atoms with Crippen molar-refractivity contribution in [2.45, 2.75) is 44.8 Å². The second-order valence-electron chi connectivity index (χ2n) is 6.63. The van der Waals surface area contributed by atoms with Gasteiger partial charge in [0.1, 0.15) is 12.4 Å². The van der Waals surface area contributed by atoms with E-state index >= 15 is 0 Å². The topological polar surface area (TPSA) is 45.7 Å². The Morgan fingerprint density at radius 2 is 1.85 bits per heavy atom. The van der Waals surface area contributed by atoms with E-state index in [-0.39, 0.29) is 0 Å². The number of benzene rings is 2.